The van der Waals surface area contributed by atoms with E-state index in [-0.39, 0.29) is 17.2 Å². The number of nitrogens with zero attached hydrogens (tertiary/aromatic N) is 1. The van der Waals surface area contributed by atoms with Crippen LogP contribution >= 0.6 is 0 Å². The lowest BCUT2D eigenvalue weighted by atomic mass is 9.67. The zero-order valence-corrected chi connectivity index (χ0v) is 12.0. The van der Waals surface area contributed by atoms with Crippen molar-refractivity contribution in [2.45, 2.75) is 52.4 Å². The second-order valence-corrected chi connectivity index (χ2v) is 6.80. The lowest BCUT2D eigenvalue weighted by molar-refractivity contribution is -0.141. The molecule has 0 spiro atoms. The number of amides is 1. The smallest absolute Gasteiger partial charge is 0.308 e. The second kappa shape index (κ2) is 5.51. The minimum atomic E-state index is -0.770. The van der Waals surface area contributed by atoms with Crippen molar-refractivity contribution in [3.05, 3.63) is 0 Å². The maximum Gasteiger partial charge on any atom is 0.308 e. The SMILES string of the molecule is CC1(C)CCCCC1CC(=O)N1CCC(C(=O)O)C1. The van der Waals surface area contributed by atoms with Crippen molar-refractivity contribution in [3.8, 4) is 0 Å². The van der Waals surface area contributed by atoms with E-state index in [1.807, 2.05) is 0 Å². The van der Waals surface area contributed by atoms with Crippen LogP contribution in [0.5, 0.6) is 0 Å². The van der Waals surface area contributed by atoms with Crippen LogP contribution in [0, 0.1) is 17.3 Å². The number of hydrogen-bond acceptors (Lipinski definition) is 2. The molecule has 1 amide bonds. The number of carboxylic acid groups (broad SMARTS) is 1. The van der Waals surface area contributed by atoms with Crippen molar-refractivity contribution in [1.29, 1.82) is 0 Å². The van der Waals surface area contributed by atoms with E-state index in [1.165, 1.54) is 19.3 Å². The number of carbonyl (C=O) groups is 2. The maximum atomic E-state index is 12.3. The molecule has 1 saturated carbocycles. The van der Waals surface area contributed by atoms with Crippen molar-refractivity contribution >= 4 is 11.9 Å². The van der Waals surface area contributed by atoms with Gasteiger partial charge in [-0.2, -0.15) is 0 Å². The van der Waals surface area contributed by atoms with Crippen LogP contribution in [0.4, 0.5) is 0 Å². The summed E-state index contributed by atoms with van der Waals surface area (Å²) in [6.07, 6.45) is 6.02. The van der Waals surface area contributed by atoms with Crippen molar-refractivity contribution in [2.75, 3.05) is 13.1 Å². The van der Waals surface area contributed by atoms with E-state index < -0.39 is 5.97 Å². The molecule has 1 aliphatic carbocycles. The second-order valence-electron chi connectivity index (χ2n) is 6.80. The Hall–Kier alpha value is -1.06. The molecular formula is C15H25NO3. The van der Waals surface area contributed by atoms with Gasteiger partial charge in [0.2, 0.25) is 5.91 Å². The van der Waals surface area contributed by atoms with Crippen molar-refractivity contribution < 1.29 is 14.7 Å². The summed E-state index contributed by atoms with van der Waals surface area (Å²) in [6.45, 7) is 5.53. The lowest BCUT2D eigenvalue weighted by Gasteiger charge is -2.39. The summed E-state index contributed by atoms with van der Waals surface area (Å²) in [5.41, 5.74) is 0.250. The standard InChI is InChI=1S/C15H25NO3/c1-15(2)7-4-3-5-12(15)9-13(17)16-8-6-11(10-16)14(18)19/h11-12H,3-10H2,1-2H3,(H,18,19). The number of hydrogen-bond donors (Lipinski definition) is 1. The molecule has 0 aromatic rings. The first-order valence-corrected chi connectivity index (χ1v) is 7.41. The Labute approximate surface area is 115 Å². The fourth-order valence-corrected chi connectivity index (χ4v) is 3.47. The van der Waals surface area contributed by atoms with Crippen LogP contribution in [-0.2, 0) is 9.59 Å². The third-order valence-electron chi connectivity index (χ3n) is 5.04. The normalized spacial score (nSPS) is 30.3. The van der Waals surface area contributed by atoms with Gasteiger partial charge < -0.3 is 10.0 Å². The number of carbonyl (C=O) groups excluding carboxylic acids is 1. The minimum absolute atomic E-state index is 0.156. The highest BCUT2D eigenvalue weighted by Gasteiger charge is 2.36. The third-order valence-corrected chi connectivity index (χ3v) is 5.04. The predicted octanol–water partition coefficient (Wildman–Crippen LogP) is 2.53. The molecule has 2 rings (SSSR count). The van der Waals surface area contributed by atoms with Gasteiger partial charge in [0.1, 0.15) is 0 Å². The van der Waals surface area contributed by atoms with Gasteiger partial charge in [-0.25, -0.2) is 0 Å². The molecule has 1 N–H and O–H groups in total. The van der Waals surface area contributed by atoms with Gasteiger partial charge in [-0.15, -0.1) is 0 Å². The van der Waals surface area contributed by atoms with E-state index in [0.29, 0.717) is 31.8 Å². The molecule has 0 bridgehead atoms. The van der Waals surface area contributed by atoms with Gasteiger partial charge >= 0.3 is 5.97 Å². The Balaban J connectivity index is 1.89. The summed E-state index contributed by atoms with van der Waals surface area (Å²) >= 11 is 0. The van der Waals surface area contributed by atoms with E-state index in [2.05, 4.69) is 13.8 Å². The first kappa shape index (κ1) is 14.4. The maximum absolute atomic E-state index is 12.3. The van der Waals surface area contributed by atoms with Crippen LogP contribution in [0.1, 0.15) is 52.4 Å². The van der Waals surface area contributed by atoms with Crippen LogP contribution in [-0.4, -0.2) is 35.0 Å². The first-order chi connectivity index (χ1) is 8.90. The monoisotopic (exact) mass is 267 g/mol. The largest absolute Gasteiger partial charge is 0.481 e. The zero-order valence-electron chi connectivity index (χ0n) is 12.0. The minimum Gasteiger partial charge on any atom is -0.481 e. The van der Waals surface area contributed by atoms with Gasteiger partial charge in [0.25, 0.3) is 0 Å². The van der Waals surface area contributed by atoms with Crippen LogP contribution in [0.3, 0.4) is 0 Å². The number of likely N-dealkylation sites (tertiary alicyclic amines) is 1. The van der Waals surface area contributed by atoms with Crippen molar-refractivity contribution in [2.24, 2.45) is 17.3 Å². The highest BCUT2D eigenvalue weighted by atomic mass is 16.4. The zero-order chi connectivity index (χ0) is 14.0. The number of rotatable bonds is 3. The molecule has 0 radical (unpaired) electrons. The van der Waals surface area contributed by atoms with E-state index in [9.17, 15) is 9.59 Å². The molecule has 2 atom stereocenters. The van der Waals surface area contributed by atoms with Crippen molar-refractivity contribution in [3.63, 3.8) is 0 Å². The Kier molecular flexibility index (Phi) is 4.16. The molecule has 108 valence electrons. The average molecular weight is 267 g/mol. The fourth-order valence-electron chi connectivity index (χ4n) is 3.47. The van der Waals surface area contributed by atoms with Crippen LogP contribution < -0.4 is 0 Å². The van der Waals surface area contributed by atoms with E-state index >= 15 is 0 Å². The molecule has 0 aromatic carbocycles. The van der Waals surface area contributed by atoms with E-state index in [4.69, 9.17) is 5.11 Å². The quantitative estimate of drug-likeness (QED) is 0.855. The molecule has 2 aliphatic rings. The van der Waals surface area contributed by atoms with Gasteiger partial charge in [-0.05, 0) is 30.6 Å². The van der Waals surface area contributed by atoms with Crippen LogP contribution in [0.15, 0.2) is 0 Å². The summed E-state index contributed by atoms with van der Waals surface area (Å²) in [5, 5.41) is 8.98. The predicted molar refractivity (Wildman–Crippen MR) is 72.7 cm³/mol. The van der Waals surface area contributed by atoms with Gasteiger partial charge in [0.05, 0.1) is 5.92 Å². The summed E-state index contributed by atoms with van der Waals surface area (Å²) in [7, 11) is 0. The van der Waals surface area contributed by atoms with E-state index in [0.717, 1.165) is 6.42 Å². The number of carboxylic acids is 1. The van der Waals surface area contributed by atoms with Gasteiger partial charge in [-0.1, -0.05) is 26.7 Å². The third kappa shape index (κ3) is 3.28. The van der Waals surface area contributed by atoms with Gasteiger partial charge in [-0.3, -0.25) is 9.59 Å². The molecule has 4 nitrogen and oxygen atoms in total. The first-order valence-electron chi connectivity index (χ1n) is 7.41. The lowest BCUT2D eigenvalue weighted by Crippen LogP contribution is -2.36. The Morgan fingerprint density at radius 2 is 2.00 bits per heavy atom. The average Bonchev–Trinajstić information content (AvgIpc) is 2.81. The Morgan fingerprint density at radius 1 is 1.26 bits per heavy atom. The fraction of sp³-hybridized carbons (Fsp3) is 0.867. The highest BCUT2D eigenvalue weighted by Crippen LogP contribution is 2.42. The molecule has 19 heavy (non-hydrogen) atoms. The topological polar surface area (TPSA) is 57.6 Å². The summed E-state index contributed by atoms with van der Waals surface area (Å²) in [5.74, 6) is -0.516. The molecule has 1 saturated heterocycles. The van der Waals surface area contributed by atoms with Crippen LogP contribution in [0.2, 0.25) is 0 Å². The molecule has 1 heterocycles. The molecule has 1 aliphatic heterocycles. The van der Waals surface area contributed by atoms with Crippen LogP contribution in [0.25, 0.3) is 0 Å². The van der Waals surface area contributed by atoms with Gasteiger partial charge in [0.15, 0.2) is 0 Å². The summed E-state index contributed by atoms with van der Waals surface area (Å²) < 4.78 is 0. The Morgan fingerprint density at radius 3 is 2.58 bits per heavy atom. The molecule has 4 heteroatoms. The Bertz CT molecular complexity index is 364. The highest BCUT2D eigenvalue weighted by molar-refractivity contribution is 5.79. The van der Waals surface area contributed by atoms with E-state index in [1.54, 1.807) is 4.90 Å². The number of aliphatic carboxylic acids is 1. The summed E-state index contributed by atoms with van der Waals surface area (Å²) in [4.78, 5) is 25.0. The van der Waals surface area contributed by atoms with Gasteiger partial charge in [0, 0.05) is 19.5 Å². The molecule has 2 unspecified atom stereocenters. The summed E-state index contributed by atoms with van der Waals surface area (Å²) in [6, 6.07) is 0. The molecule has 0 aromatic heterocycles. The molecular weight excluding hydrogens is 242 g/mol. The van der Waals surface area contributed by atoms with Crippen molar-refractivity contribution in [1.82, 2.24) is 4.90 Å². The molecule has 2 fully saturated rings.